The minimum Gasteiger partial charge on any atom is -0.501 e. The summed E-state index contributed by atoms with van der Waals surface area (Å²) in [7, 11) is 0. The number of carboxylic acid groups (broad SMARTS) is 1. The molecule has 3 heterocycles. The maximum absolute atomic E-state index is 12.2. The Morgan fingerprint density at radius 3 is 2.71 bits per heavy atom. The monoisotopic (exact) mass is 331 g/mol. The first-order valence-electron chi connectivity index (χ1n) is 7.31. The Morgan fingerprint density at radius 1 is 1.25 bits per heavy atom. The van der Waals surface area contributed by atoms with Crippen molar-refractivity contribution in [2.24, 2.45) is 0 Å². The van der Waals surface area contributed by atoms with Crippen LogP contribution in [-0.2, 0) is 4.74 Å². The molecule has 124 valence electrons. The highest BCUT2D eigenvalue weighted by molar-refractivity contribution is 6.02. The molecular weight excluding hydrogens is 318 g/mol. The van der Waals surface area contributed by atoms with Crippen LogP contribution in [-0.4, -0.2) is 52.0 Å². The van der Waals surface area contributed by atoms with Crippen LogP contribution in [0.5, 0.6) is 5.75 Å². The fourth-order valence-corrected chi connectivity index (χ4v) is 2.88. The topological polar surface area (TPSA) is 118 Å². The molecule has 0 spiro atoms. The minimum atomic E-state index is -1.48. The van der Waals surface area contributed by atoms with Gasteiger partial charge in [-0.15, -0.1) is 4.57 Å². The first-order valence-corrected chi connectivity index (χ1v) is 7.31. The molecule has 0 saturated carbocycles. The van der Waals surface area contributed by atoms with E-state index in [9.17, 15) is 14.7 Å². The highest BCUT2D eigenvalue weighted by atomic mass is 16.5. The van der Waals surface area contributed by atoms with Crippen molar-refractivity contribution in [1.29, 1.82) is 0 Å². The number of hydrogen-bond donors (Lipinski definition) is 2. The molecule has 2 N–H and O–H groups in total. The van der Waals surface area contributed by atoms with Gasteiger partial charge in [-0.05, 0) is 12.1 Å². The van der Waals surface area contributed by atoms with Gasteiger partial charge in [0.1, 0.15) is 0 Å². The highest BCUT2D eigenvalue weighted by Gasteiger charge is 2.24. The number of ether oxygens (including phenoxy) is 1. The molecule has 0 amide bonds. The summed E-state index contributed by atoms with van der Waals surface area (Å²) in [5.41, 5.74) is -0.435. The number of fused-ring (bicyclic) bond motifs is 3. The number of carboxylic acids is 1. The quantitative estimate of drug-likeness (QED) is 0.704. The van der Waals surface area contributed by atoms with Crippen LogP contribution in [0.1, 0.15) is 10.5 Å². The van der Waals surface area contributed by atoms with E-state index in [2.05, 4.69) is 9.88 Å². The lowest BCUT2D eigenvalue weighted by atomic mass is 10.2. The molecule has 1 aromatic carbocycles. The summed E-state index contributed by atoms with van der Waals surface area (Å²) in [6.07, 6.45) is 0. The molecule has 4 rings (SSSR count). The van der Waals surface area contributed by atoms with Gasteiger partial charge in [0, 0.05) is 13.1 Å². The zero-order valence-corrected chi connectivity index (χ0v) is 12.4. The second-order valence-corrected chi connectivity index (χ2v) is 5.38. The van der Waals surface area contributed by atoms with Gasteiger partial charge in [0.25, 0.3) is 0 Å². The summed E-state index contributed by atoms with van der Waals surface area (Å²) in [5.74, 6) is -2.43. The second kappa shape index (κ2) is 5.24. The van der Waals surface area contributed by atoms with Gasteiger partial charge in [-0.25, -0.2) is 9.78 Å². The van der Waals surface area contributed by atoms with E-state index in [1.54, 1.807) is 12.1 Å². The predicted octanol–water partition coefficient (Wildman–Crippen LogP) is 0.681. The van der Waals surface area contributed by atoms with Crippen molar-refractivity contribution in [3.8, 4) is 5.75 Å². The Kier molecular flexibility index (Phi) is 3.17. The van der Waals surface area contributed by atoms with Crippen LogP contribution in [0.15, 0.2) is 27.5 Å². The molecule has 1 fully saturated rings. The van der Waals surface area contributed by atoms with Crippen molar-refractivity contribution < 1.29 is 24.3 Å². The maximum atomic E-state index is 12.2. The van der Waals surface area contributed by atoms with Crippen molar-refractivity contribution in [3.63, 3.8) is 0 Å². The summed E-state index contributed by atoms with van der Waals surface area (Å²) in [5, 5.41) is 19.4. The van der Waals surface area contributed by atoms with Crippen molar-refractivity contribution in [3.05, 3.63) is 34.2 Å². The molecule has 0 bridgehead atoms. The van der Waals surface area contributed by atoms with Crippen molar-refractivity contribution in [2.45, 2.75) is 0 Å². The van der Waals surface area contributed by atoms with Crippen LogP contribution in [0.4, 0.5) is 5.69 Å². The van der Waals surface area contributed by atoms with Crippen LogP contribution < -0.4 is 10.5 Å². The Labute approximate surface area is 134 Å². The van der Waals surface area contributed by atoms with Gasteiger partial charge in [-0.2, -0.15) is 0 Å². The molecule has 3 aromatic rings. The van der Waals surface area contributed by atoms with E-state index in [1.165, 1.54) is 0 Å². The number of hydrogen-bond acceptors (Lipinski definition) is 7. The van der Waals surface area contributed by atoms with E-state index in [0.29, 0.717) is 37.3 Å². The molecule has 1 aliphatic rings. The number of nitrogens with zero attached hydrogens (tertiary/aromatic N) is 3. The van der Waals surface area contributed by atoms with Crippen molar-refractivity contribution in [1.82, 2.24) is 9.56 Å². The smallest absolute Gasteiger partial charge is 0.358 e. The van der Waals surface area contributed by atoms with E-state index >= 15 is 0 Å². The maximum Gasteiger partial charge on any atom is 0.358 e. The Morgan fingerprint density at radius 2 is 2.00 bits per heavy atom. The Bertz CT molecular complexity index is 1020. The SMILES string of the molecule is O=C(O)c1nc2c3c(N4CCOCC4)cccc3on2c(=O)c1O. The summed E-state index contributed by atoms with van der Waals surface area (Å²) < 4.78 is 11.6. The van der Waals surface area contributed by atoms with E-state index in [4.69, 9.17) is 14.4 Å². The van der Waals surface area contributed by atoms with E-state index in [0.717, 1.165) is 10.3 Å². The average molecular weight is 331 g/mol. The number of rotatable bonds is 2. The molecule has 0 atom stereocenters. The zero-order chi connectivity index (χ0) is 16.8. The third-order valence-electron chi connectivity index (χ3n) is 3.99. The van der Waals surface area contributed by atoms with E-state index < -0.39 is 23.0 Å². The summed E-state index contributed by atoms with van der Waals surface area (Å²) >= 11 is 0. The molecule has 9 nitrogen and oxygen atoms in total. The first kappa shape index (κ1) is 14.5. The lowest BCUT2D eigenvalue weighted by molar-refractivity contribution is 0.0686. The molecule has 0 aliphatic carbocycles. The largest absolute Gasteiger partial charge is 0.501 e. The van der Waals surface area contributed by atoms with Gasteiger partial charge < -0.3 is 24.4 Å². The second-order valence-electron chi connectivity index (χ2n) is 5.38. The van der Waals surface area contributed by atoms with Crippen LogP contribution in [0, 0.1) is 0 Å². The number of anilines is 1. The molecule has 1 aliphatic heterocycles. The van der Waals surface area contributed by atoms with Gasteiger partial charge in [0.05, 0.1) is 24.3 Å². The molecule has 0 radical (unpaired) electrons. The number of benzene rings is 1. The summed E-state index contributed by atoms with van der Waals surface area (Å²) in [6.45, 7) is 2.45. The van der Waals surface area contributed by atoms with Crippen molar-refractivity contribution >= 4 is 28.3 Å². The van der Waals surface area contributed by atoms with Gasteiger partial charge in [0.2, 0.25) is 5.75 Å². The third-order valence-corrected chi connectivity index (χ3v) is 3.99. The Balaban J connectivity index is 2.07. The van der Waals surface area contributed by atoms with Crippen molar-refractivity contribution in [2.75, 3.05) is 31.2 Å². The number of aromatic carboxylic acids is 1. The van der Waals surface area contributed by atoms with E-state index in [1.807, 2.05) is 6.07 Å². The summed E-state index contributed by atoms with van der Waals surface area (Å²) in [6, 6.07) is 5.28. The van der Waals surface area contributed by atoms with Crippen LogP contribution in [0.2, 0.25) is 0 Å². The molecule has 1 saturated heterocycles. The molecule has 9 heteroatoms. The third kappa shape index (κ3) is 2.02. The number of carbonyl (C=O) groups is 1. The predicted molar refractivity (Wildman–Crippen MR) is 82.9 cm³/mol. The standard InChI is InChI=1S/C15H13N3O6/c19-12-11(15(21)22)16-13-10-8(17-4-6-23-7-5-17)2-1-3-9(10)24-18(13)14(12)20/h1-3,19H,4-7H2,(H,21,22). The van der Waals surface area contributed by atoms with Crippen LogP contribution >= 0.6 is 0 Å². The minimum absolute atomic E-state index is 0.0623. The lowest BCUT2D eigenvalue weighted by Gasteiger charge is -2.29. The normalized spacial score (nSPS) is 15.2. The van der Waals surface area contributed by atoms with Gasteiger partial charge in [-0.1, -0.05) is 6.07 Å². The first-order chi connectivity index (χ1) is 11.6. The number of aromatic nitrogens is 2. The molecule has 2 aromatic heterocycles. The molecule has 24 heavy (non-hydrogen) atoms. The molecular formula is C15H13N3O6. The van der Waals surface area contributed by atoms with Crippen LogP contribution in [0.3, 0.4) is 0 Å². The van der Waals surface area contributed by atoms with Gasteiger partial charge in [0.15, 0.2) is 16.9 Å². The molecule has 0 unspecified atom stereocenters. The fraction of sp³-hybridized carbons (Fsp3) is 0.267. The van der Waals surface area contributed by atoms with Gasteiger partial charge >= 0.3 is 11.5 Å². The van der Waals surface area contributed by atoms with Crippen LogP contribution in [0.25, 0.3) is 16.6 Å². The fourth-order valence-electron chi connectivity index (χ4n) is 2.88. The Hall–Kier alpha value is -3.07. The number of aromatic hydroxyl groups is 1. The number of morpholine rings is 1. The summed E-state index contributed by atoms with van der Waals surface area (Å²) in [4.78, 5) is 29.4. The average Bonchev–Trinajstić information content (AvgIpc) is 2.97. The van der Waals surface area contributed by atoms with E-state index in [-0.39, 0.29) is 5.65 Å². The lowest BCUT2D eigenvalue weighted by Crippen LogP contribution is -2.36. The van der Waals surface area contributed by atoms with Gasteiger partial charge in [-0.3, -0.25) is 4.79 Å². The zero-order valence-electron chi connectivity index (χ0n) is 12.4. The highest BCUT2D eigenvalue weighted by Crippen LogP contribution is 2.32.